The minimum Gasteiger partial charge on any atom is -0.481 e. The highest BCUT2D eigenvalue weighted by Crippen LogP contribution is 2.29. The van der Waals surface area contributed by atoms with Gasteiger partial charge in [0.2, 0.25) is 10.0 Å². The molecule has 1 saturated carbocycles. The van der Waals surface area contributed by atoms with Crippen LogP contribution in [0.1, 0.15) is 19.3 Å². The van der Waals surface area contributed by atoms with Crippen LogP contribution in [0.3, 0.4) is 0 Å². The van der Waals surface area contributed by atoms with Gasteiger partial charge >= 0.3 is 11.9 Å². The molecular weight excluding hydrogens is 250 g/mol. The fourth-order valence-corrected chi connectivity index (χ4v) is 3.02. The normalized spacial score (nSPS) is 15.9. The number of carboxylic acid groups (broad SMARTS) is 1. The first-order valence-corrected chi connectivity index (χ1v) is 6.76. The first kappa shape index (κ1) is 13.9. The summed E-state index contributed by atoms with van der Waals surface area (Å²) in [5, 5.41) is 8.55. The van der Waals surface area contributed by atoms with E-state index >= 15 is 0 Å². The SMILES string of the molecule is COC(=O)CS(=O)(=O)N(CCC(=O)O)C1CC1. The Kier molecular flexibility index (Phi) is 4.47. The van der Waals surface area contributed by atoms with Crippen molar-refractivity contribution in [2.24, 2.45) is 0 Å². The topological polar surface area (TPSA) is 101 Å². The smallest absolute Gasteiger partial charge is 0.322 e. The molecule has 0 heterocycles. The second kappa shape index (κ2) is 5.46. The lowest BCUT2D eigenvalue weighted by Crippen LogP contribution is -2.38. The summed E-state index contributed by atoms with van der Waals surface area (Å²) in [5.74, 6) is -2.64. The third-order valence-corrected chi connectivity index (χ3v) is 4.18. The van der Waals surface area contributed by atoms with Crippen LogP contribution < -0.4 is 0 Å². The van der Waals surface area contributed by atoms with Crippen LogP contribution in [0.25, 0.3) is 0 Å². The quantitative estimate of drug-likeness (QED) is 0.618. The summed E-state index contributed by atoms with van der Waals surface area (Å²) < 4.78 is 29.0. The molecule has 0 radical (unpaired) electrons. The molecule has 0 bridgehead atoms. The van der Waals surface area contributed by atoms with Crippen molar-refractivity contribution in [3.05, 3.63) is 0 Å². The molecule has 98 valence electrons. The Bertz CT molecular complexity index is 400. The third kappa shape index (κ3) is 4.31. The lowest BCUT2D eigenvalue weighted by molar-refractivity contribution is -0.138. The van der Waals surface area contributed by atoms with Crippen LogP contribution in [0.4, 0.5) is 0 Å². The molecule has 1 rings (SSSR count). The van der Waals surface area contributed by atoms with Crippen molar-refractivity contribution in [2.75, 3.05) is 19.4 Å². The zero-order valence-electron chi connectivity index (χ0n) is 9.46. The molecule has 0 aromatic carbocycles. The fraction of sp³-hybridized carbons (Fsp3) is 0.778. The molecular formula is C9H15NO6S. The zero-order chi connectivity index (χ0) is 13.1. The van der Waals surface area contributed by atoms with E-state index in [0.717, 1.165) is 11.4 Å². The molecule has 0 aliphatic heterocycles. The van der Waals surface area contributed by atoms with Gasteiger partial charge in [-0.05, 0) is 12.8 Å². The van der Waals surface area contributed by atoms with Gasteiger partial charge in [-0.25, -0.2) is 8.42 Å². The van der Waals surface area contributed by atoms with Gasteiger partial charge in [0, 0.05) is 12.6 Å². The number of esters is 1. The van der Waals surface area contributed by atoms with Crippen molar-refractivity contribution in [3.8, 4) is 0 Å². The number of rotatable bonds is 7. The van der Waals surface area contributed by atoms with E-state index in [1.54, 1.807) is 0 Å². The van der Waals surface area contributed by atoms with Crippen LogP contribution in [0.2, 0.25) is 0 Å². The molecule has 8 heteroatoms. The Morgan fingerprint density at radius 3 is 2.41 bits per heavy atom. The number of methoxy groups -OCH3 is 1. The Morgan fingerprint density at radius 1 is 1.41 bits per heavy atom. The van der Waals surface area contributed by atoms with E-state index in [4.69, 9.17) is 5.11 Å². The lowest BCUT2D eigenvalue weighted by atomic mass is 10.4. The van der Waals surface area contributed by atoms with Gasteiger partial charge in [-0.3, -0.25) is 9.59 Å². The molecule has 1 aliphatic carbocycles. The summed E-state index contributed by atoms with van der Waals surface area (Å²) in [6.45, 7) is -0.0979. The van der Waals surface area contributed by atoms with Crippen LogP contribution in [0.15, 0.2) is 0 Å². The van der Waals surface area contributed by atoms with Gasteiger partial charge in [0.15, 0.2) is 5.75 Å². The summed E-state index contributed by atoms with van der Waals surface area (Å²) in [7, 11) is -2.66. The van der Waals surface area contributed by atoms with Gasteiger partial charge in [0.1, 0.15) is 0 Å². The number of nitrogens with zero attached hydrogens (tertiary/aromatic N) is 1. The molecule has 0 atom stereocenters. The van der Waals surface area contributed by atoms with E-state index in [1.165, 1.54) is 0 Å². The number of carbonyl (C=O) groups is 2. The second-order valence-electron chi connectivity index (χ2n) is 3.82. The molecule has 7 nitrogen and oxygen atoms in total. The molecule has 1 N–H and O–H groups in total. The van der Waals surface area contributed by atoms with E-state index in [9.17, 15) is 18.0 Å². The van der Waals surface area contributed by atoms with Crippen LogP contribution in [-0.4, -0.2) is 55.2 Å². The van der Waals surface area contributed by atoms with Crippen molar-refractivity contribution >= 4 is 22.0 Å². The first-order chi connectivity index (χ1) is 7.86. The number of ether oxygens (including phenoxy) is 1. The molecule has 0 aromatic rings. The molecule has 17 heavy (non-hydrogen) atoms. The van der Waals surface area contributed by atoms with Crippen LogP contribution in [-0.2, 0) is 24.3 Å². The van der Waals surface area contributed by atoms with E-state index < -0.39 is 27.7 Å². The summed E-state index contributed by atoms with van der Waals surface area (Å²) >= 11 is 0. The third-order valence-electron chi connectivity index (χ3n) is 2.39. The van der Waals surface area contributed by atoms with Gasteiger partial charge in [0.05, 0.1) is 13.5 Å². The number of carboxylic acids is 1. The van der Waals surface area contributed by atoms with Gasteiger partial charge in [0.25, 0.3) is 0 Å². The van der Waals surface area contributed by atoms with E-state index in [0.29, 0.717) is 12.8 Å². The molecule has 0 aromatic heterocycles. The average molecular weight is 265 g/mol. The molecule has 1 fully saturated rings. The number of aliphatic carboxylic acids is 1. The highest BCUT2D eigenvalue weighted by atomic mass is 32.2. The Morgan fingerprint density at radius 2 is 2.00 bits per heavy atom. The Balaban J connectivity index is 2.68. The van der Waals surface area contributed by atoms with Gasteiger partial charge < -0.3 is 9.84 Å². The zero-order valence-corrected chi connectivity index (χ0v) is 10.3. The summed E-state index contributed by atoms with van der Waals surface area (Å²) in [5.41, 5.74) is 0. The standard InChI is InChI=1S/C9H15NO6S/c1-16-9(13)6-17(14,15)10(7-2-3-7)5-4-8(11)12/h7H,2-6H2,1H3,(H,11,12). The average Bonchev–Trinajstić information content (AvgIpc) is 3.00. The summed E-state index contributed by atoms with van der Waals surface area (Å²) in [6, 6.07) is -0.163. The van der Waals surface area contributed by atoms with Crippen molar-refractivity contribution in [1.82, 2.24) is 4.31 Å². The summed E-state index contributed by atoms with van der Waals surface area (Å²) in [4.78, 5) is 21.4. The first-order valence-electron chi connectivity index (χ1n) is 5.15. The predicted octanol–water partition coefficient (Wildman–Crippen LogP) is -0.572. The number of hydrogen-bond donors (Lipinski definition) is 1. The molecule has 0 spiro atoms. The minimum absolute atomic E-state index is 0.0979. The minimum atomic E-state index is -3.77. The van der Waals surface area contributed by atoms with Crippen LogP contribution >= 0.6 is 0 Å². The van der Waals surface area contributed by atoms with Gasteiger partial charge in [-0.2, -0.15) is 4.31 Å². The van der Waals surface area contributed by atoms with Gasteiger partial charge in [-0.1, -0.05) is 0 Å². The van der Waals surface area contributed by atoms with Crippen molar-refractivity contribution in [1.29, 1.82) is 0 Å². The van der Waals surface area contributed by atoms with Crippen molar-refractivity contribution in [3.63, 3.8) is 0 Å². The van der Waals surface area contributed by atoms with Crippen LogP contribution in [0.5, 0.6) is 0 Å². The highest BCUT2D eigenvalue weighted by molar-refractivity contribution is 7.89. The highest BCUT2D eigenvalue weighted by Gasteiger charge is 2.38. The molecule has 0 saturated heterocycles. The van der Waals surface area contributed by atoms with E-state index in [-0.39, 0.29) is 19.0 Å². The van der Waals surface area contributed by atoms with Crippen LogP contribution in [0, 0.1) is 0 Å². The number of carbonyl (C=O) groups excluding carboxylic acids is 1. The Labute approximate surface area is 99.4 Å². The monoisotopic (exact) mass is 265 g/mol. The maximum absolute atomic E-state index is 11.8. The number of hydrogen-bond acceptors (Lipinski definition) is 5. The van der Waals surface area contributed by atoms with Crippen molar-refractivity contribution in [2.45, 2.75) is 25.3 Å². The largest absolute Gasteiger partial charge is 0.481 e. The molecule has 0 amide bonds. The maximum Gasteiger partial charge on any atom is 0.322 e. The van der Waals surface area contributed by atoms with E-state index in [1.807, 2.05) is 0 Å². The van der Waals surface area contributed by atoms with Gasteiger partial charge in [-0.15, -0.1) is 0 Å². The maximum atomic E-state index is 11.8. The van der Waals surface area contributed by atoms with Crippen molar-refractivity contribution < 1.29 is 27.9 Å². The second-order valence-corrected chi connectivity index (χ2v) is 5.74. The lowest BCUT2D eigenvalue weighted by Gasteiger charge is -2.20. The molecule has 1 aliphatic rings. The summed E-state index contributed by atoms with van der Waals surface area (Å²) in [6.07, 6.45) is 1.15. The van der Waals surface area contributed by atoms with E-state index in [2.05, 4.69) is 4.74 Å². The predicted molar refractivity (Wildman–Crippen MR) is 57.8 cm³/mol. The number of sulfonamides is 1. The molecule has 0 unspecified atom stereocenters. The Hall–Kier alpha value is -1.15. The fourth-order valence-electron chi connectivity index (χ4n) is 1.41.